The Balaban J connectivity index is 1.84. The zero-order chi connectivity index (χ0) is 14.8. The van der Waals surface area contributed by atoms with Crippen molar-refractivity contribution in [3.63, 3.8) is 0 Å². The highest BCUT2D eigenvalue weighted by Crippen LogP contribution is 2.30. The number of benzene rings is 1. The molecule has 2 N–H and O–H groups in total. The standard InChI is InChI=1S/C17H24N4/c1-13-11-14-15(12-19-13)16(18)5-6-17(14)20(2)9-10-21-7-3-4-8-21/h5-6,11-12H,3-4,7-10,18H2,1-2H3. The molecular weight excluding hydrogens is 260 g/mol. The zero-order valence-electron chi connectivity index (χ0n) is 13.0. The largest absolute Gasteiger partial charge is 0.398 e. The highest BCUT2D eigenvalue weighted by atomic mass is 15.2. The maximum Gasteiger partial charge on any atom is 0.0446 e. The monoisotopic (exact) mass is 284 g/mol. The van der Waals surface area contributed by atoms with Crippen LogP contribution < -0.4 is 10.6 Å². The van der Waals surface area contributed by atoms with Crippen LogP contribution in [0.3, 0.4) is 0 Å². The maximum absolute atomic E-state index is 6.08. The molecule has 4 nitrogen and oxygen atoms in total. The molecule has 0 spiro atoms. The number of likely N-dealkylation sites (N-methyl/N-ethyl adjacent to an activating group) is 1. The first kappa shape index (κ1) is 14.1. The Morgan fingerprint density at radius 2 is 2.00 bits per heavy atom. The van der Waals surface area contributed by atoms with Gasteiger partial charge in [0.05, 0.1) is 0 Å². The third kappa shape index (κ3) is 2.95. The summed E-state index contributed by atoms with van der Waals surface area (Å²) < 4.78 is 0. The number of likely N-dealkylation sites (tertiary alicyclic amines) is 1. The molecule has 1 fully saturated rings. The predicted molar refractivity (Wildman–Crippen MR) is 89.8 cm³/mol. The van der Waals surface area contributed by atoms with E-state index in [2.05, 4.69) is 34.0 Å². The van der Waals surface area contributed by atoms with E-state index in [1.165, 1.54) is 37.0 Å². The fourth-order valence-electron chi connectivity index (χ4n) is 3.10. The van der Waals surface area contributed by atoms with E-state index in [0.29, 0.717) is 0 Å². The number of hydrogen-bond acceptors (Lipinski definition) is 4. The fourth-order valence-corrected chi connectivity index (χ4v) is 3.10. The summed E-state index contributed by atoms with van der Waals surface area (Å²) in [5.74, 6) is 0. The SMILES string of the molecule is Cc1cc2c(N(C)CCN3CCCC3)ccc(N)c2cn1. The van der Waals surface area contributed by atoms with E-state index >= 15 is 0 Å². The molecule has 0 aliphatic carbocycles. The number of rotatable bonds is 4. The van der Waals surface area contributed by atoms with Crippen LogP contribution >= 0.6 is 0 Å². The summed E-state index contributed by atoms with van der Waals surface area (Å²) in [6.45, 7) is 6.70. The normalized spacial score (nSPS) is 15.7. The van der Waals surface area contributed by atoms with Crippen molar-refractivity contribution in [2.24, 2.45) is 0 Å². The summed E-state index contributed by atoms with van der Waals surface area (Å²) in [7, 11) is 2.16. The van der Waals surface area contributed by atoms with Gasteiger partial charge in [-0.05, 0) is 51.1 Å². The molecule has 2 aromatic rings. The van der Waals surface area contributed by atoms with E-state index in [1.807, 2.05) is 19.2 Å². The number of nitrogens with zero attached hydrogens (tertiary/aromatic N) is 3. The minimum Gasteiger partial charge on any atom is -0.398 e. The number of fused-ring (bicyclic) bond motifs is 1. The topological polar surface area (TPSA) is 45.4 Å². The molecule has 0 unspecified atom stereocenters. The summed E-state index contributed by atoms with van der Waals surface area (Å²) >= 11 is 0. The molecule has 1 aromatic heterocycles. The summed E-state index contributed by atoms with van der Waals surface area (Å²) in [4.78, 5) is 9.25. The molecule has 112 valence electrons. The van der Waals surface area contributed by atoms with Gasteiger partial charge >= 0.3 is 0 Å². The lowest BCUT2D eigenvalue weighted by atomic mass is 10.1. The number of hydrogen-bond donors (Lipinski definition) is 1. The second-order valence-corrected chi connectivity index (χ2v) is 6.02. The third-order valence-electron chi connectivity index (χ3n) is 4.41. The van der Waals surface area contributed by atoms with Crippen LogP contribution in [0, 0.1) is 6.92 Å². The van der Waals surface area contributed by atoms with Crippen molar-refractivity contribution in [3.8, 4) is 0 Å². The van der Waals surface area contributed by atoms with Gasteiger partial charge in [-0.2, -0.15) is 0 Å². The van der Waals surface area contributed by atoms with Crippen molar-refractivity contribution in [1.82, 2.24) is 9.88 Å². The summed E-state index contributed by atoms with van der Waals surface area (Å²) in [5, 5.41) is 2.25. The van der Waals surface area contributed by atoms with Crippen LogP contribution in [-0.4, -0.2) is 43.1 Å². The molecule has 21 heavy (non-hydrogen) atoms. The van der Waals surface area contributed by atoms with Crippen LogP contribution in [0.5, 0.6) is 0 Å². The smallest absolute Gasteiger partial charge is 0.0446 e. The van der Waals surface area contributed by atoms with E-state index in [-0.39, 0.29) is 0 Å². The Labute approximate surface area is 126 Å². The van der Waals surface area contributed by atoms with Crippen LogP contribution in [0.2, 0.25) is 0 Å². The van der Waals surface area contributed by atoms with Crippen molar-refractivity contribution in [2.75, 3.05) is 43.9 Å². The molecule has 4 heteroatoms. The summed E-state index contributed by atoms with van der Waals surface area (Å²) in [6, 6.07) is 6.25. The molecule has 0 saturated carbocycles. The van der Waals surface area contributed by atoms with Crippen molar-refractivity contribution in [1.29, 1.82) is 0 Å². The maximum atomic E-state index is 6.08. The van der Waals surface area contributed by atoms with Gasteiger partial charge in [0.2, 0.25) is 0 Å². The van der Waals surface area contributed by atoms with E-state index in [0.717, 1.165) is 29.9 Å². The van der Waals surface area contributed by atoms with Gasteiger partial charge in [-0.3, -0.25) is 4.98 Å². The van der Waals surface area contributed by atoms with Gasteiger partial charge < -0.3 is 15.5 Å². The molecule has 2 heterocycles. The Kier molecular flexibility index (Phi) is 3.97. The summed E-state index contributed by atoms with van der Waals surface area (Å²) in [5.41, 5.74) is 9.15. The molecular formula is C17H24N4. The van der Waals surface area contributed by atoms with Gasteiger partial charge in [-0.1, -0.05) is 0 Å². The molecule has 0 atom stereocenters. The molecule has 1 saturated heterocycles. The van der Waals surface area contributed by atoms with E-state index in [1.54, 1.807) is 0 Å². The Hall–Kier alpha value is -1.81. The number of nitrogens with two attached hydrogens (primary N) is 1. The highest BCUT2D eigenvalue weighted by molar-refractivity contribution is 6.01. The molecule has 0 bridgehead atoms. The van der Waals surface area contributed by atoms with Gasteiger partial charge in [0.25, 0.3) is 0 Å². The second kappa shape index (κ2) is 5.90. The van der Waals surface area contributed by atoms with Crippen LogP contribution in [0.1, 0.15) is 18.5 Å². The number of nitrogen functional groups attached to an aromatic ring is 1. The van der Waals surface area contributed by atoms with Crippen LogP contribution in [0.4, 0.5) is 11.4 Å². The van der Waals surface area contributed by atoms with Gasteiger partial charge in [0.15, 0.2) is 0 Å². The lowest BCUT2D eigenvalue weighted by Gasteiger charge is -2.24. The van der Waals surface area contributed by atoms with Gasteiger partial charge in [-0.15, -0.1) is 0 Å². The molecule has 1 aliphatic rings. The average molecular weight is 284 g/mol. The quantitative estimate of drug-likeness (QED) is 0.877. The fraction of sp³-hybridized carbons (Fsp3) is 0.471. The highest BCUT2D eigenvalue weighted by Gasteiger charge is 2.13. The van der Waals surface area contributed by atoms with Gasteiger partial charge in [-0.25, -0.2) is 0 Å². The minimum absolute atomic E-state index is 0.800. The molecule has 1 aliphatic heterocycles. The first-order valence-electron chi connectivity index (χ1n) is 7.73. The zero-order valence-corrected chi connectivity index (χ0v) is 13.0. The number of aromatic nitrogens is 1. The summed E-state index contributed by atoms with van der Waals surface area (Å²) in [6.07, 6.45) is 4.58. The Morgan fingerprint density at radius 3 is 2.76 bits per heavy atom. The van der Waals surface area contributed by atoms with E-state index < -0.39 is 0 Å². The first-order valence-corrected chi connectivity index (χ1v) is 7.73. The number of aryl methyl sites for hydroxylation is 1. The molecule has 1 aromatic carbocycles. The molecule has 0 radical (unpaired) electrons. The van der Waals surface area contributed by atoms with E-state index in [9.17, 15) is 0 Å². The molecule has 0 amide bonds. The Bertz CT molecular complexity index is 632. The van der Waals surface area contributed by atoms with Crippen molar-refractivity contribution < 1.29 is 0 Å². The predicted octanol–water partition coefficient (Wildman–Crippen LogP) is 2.66. The number of pyridine rings is 1. The van der Waals surface area contributed by atoms with Crippen LogP contribution in [0.15, 0.2) is 24.4 Å². The van der Waals surface area contributed by atoms with Crippen molar-refractivity contribution in [2.45, 2.75) is 19.8 Å². The van der Waals surface area contributed by atoms with Gasteiger partial charge in [0.1, 0.15) is 0 Å². The van der Waals surface area contributed by atoms with Crippen LogP contribution in [0.25, 0.3) is 10.8 Å². The molecule has 3 rings (SSSR count). The van der Waals surface area contributed by atoms with E-state index in [4.69, 9.17) is 5.73 Å². The lowest BCUT2D eigenvalue weighted by Crippen LogP contribution is -2.31. The minimum atomic E-state index is 0.800. The number of anilines is 2. The lowest BCUT2D eigenvalue weighted by molar-refractivity contribution is 0.347. The van der Waals surface area contributed by atoms with Gasteiger partial charge in [0, 0.05) is 54.2 Å². The van der Waals surface area contributed by atoms with Crippen molar-refractivity contribution >= 4 is 22.1 Å². The first-order chi connectivity index (χ1) is 10.1. The van der Waals surface area contributed by atoms with Crippen LogP contribution in [-0.2, 0) is 0 Å². The average Bonchev–Trinajstić information content (AvgIpc) is 2.98. The van der Waals surface area contributed by atoms with Crippen molar-refractivity contribution in [3.05, 3.63) is 30.1 Å². The third-order valence-corrected chi connectivity index (χ3v) is 4.41. The second-order valence-electron chi connectivity index (χ2n) is 6.02. The Morgan fingerprint density at radius 1 is 1.24 bits per heavy atom.